The van der Waals surface area contributed by atoms with Gasteiger partial charge in [-0.1, -0.05) is 13.0 Å². The van der Waals surface area contributed by atoms with E-state index in [0.29, 0.717) is 6.61 Å². The first-order chi connectivity index (χ1) is 9.40. The highest BCUT2D eigenvalue weighted by molar-refractivity contribution is 7.09. The third-order valence-electron chi connectivity index (χ3n) is 2.89. The molecule has 1 N–H and O–H groups in total. The zero-order valence-corrected chi connectivity index (χ0v) is 12.2. The molecule has 4 heteroatoms. The van der Waals surface area contributed by atoms with Crippen LogP contribution in [0.4, 0.5) is 0 Å². The molecule has 0 amide bonds. The molecule has 0 atom stereocenters. The molecule has 0 unspecified atom stereocenters. The maximum absolute atomic E-state index is 5.68. The zero-order chi connectivity index (χ0) is 13.3. The molecule has 0 spiro atoms. The average Bonchev–Trinajstić information content (AvgIpc) is 3.06. The van der Waals surface area contributed by atoms with Crippen LogP contribution in [0.5, 0.6) is 0 Å². The molecule has 0 radical (unpaired) electrons. The molecule has 0 aliphatic rings. The van der Waals surface area contributed by atoms with Crippen molar-refractivity contribution >= 4 is 11.3 Å². The van der Waals surface area contributed by atoms with Crippen molar-refractivity contribution in [2.24, 2.45) is 0 Å². The molecule has 2 heterocycles. The van der Waals surface area contributed by atoms with Crippen LogP contribution in [-0.2, 0) is 24.3 Å². The molecule has 3 nitrogen and oxygen atoms in total. The highest BCUT2D eigenvalue weighted by Gasteiger charge is 2.06. The maximum Gasteiger partial charge on any atom is 0.133 e. The minimum atomic E-state index is 0.557. The first kappa shape index (κ1) is 14.3. The molecule has 2 aromatic heterocycles. The van der Waals surface area contributed by atoms with Gasteiger partial charge in [-0.3, -0.25) is 0 Å². The molecule has 0 aromatic carbocycles. The predicted molar refractivity (Wildman–Crippen MR) is 78.4 cm³/mol. The lowest BCUT2D eigenvalue weighted by atomic mass is 10.2. The van der Waals surface area contributed by atoms with E-state index in [4.69, 9.17) is 9.15 Å². The molecule has 0 saturated heterocycles. The van der Waals surface area contributed by atoms with Crippen molar-refractivity contribution in [1.82, 2.24) is 5.32 Å². The van der Waals surface area contributed by atoms with E-state index in [1.807, 2.05) is 6.07 Å². The number of rotatable bonds is 9. The van der Waals surface area contributed by atoms with Gasteiger partial charge in [0.2, 0.25) is 0 Å². The highest BCUT2D eigenvalue weighted by Crippen LogP contribution is 2.13. The van der Waals surface area contributed by atoms with Gasteiger partial charge in [-0.25, -0.2) is 0 Å². The van der Waals surface area contributed by atoms with Crippen LogP contribution in [-0.4, -0.2) is 13.2 Å². The fraction of sp³-hybridized carbons (Fsp3) is 0.467. The SMILES string of the molecule is CCCNCc1ccoc1COCCc1cccs1. The quantitative estimate of drug-likeness (QED) is 0.712. The Balaban J connectivity index is 1.69. The van der Waals surface area contributed by atoms with Crippen LogP contribution in [0.2, 0.25) is 0 Å². The molecule has 0 fully saturated rings. The van der Waals surface area contributed by atoms with Gasteiger partial charge in [0.1, 0.15) is 12.4 Å². The lowest BCUT2D eigenvalue weighted by Crippen LogP contribution is -2.14. The van der Waals surface area contributed by atoms with Gasteiger partial charge in [-0.15, -0.1) is 11.3 Å². The number of furan rings is 1. The Hall–Kier alpha value is -1.10. The van der Waals surface area contributed by atoms with Gasteiger partial charge >= 0.3 is 0 Å². The standard InChI is InChI=1S/C15H21NO2S/c1-2-7-16-11-13-5-9-18-15(13)12-17-8-6-14-4-3-10-19-14/h3-5,9-10,16H,2,6-8,11-12H2,1H3. The second-order valence-corrected chi connectivity index (χ2v) is 5.46. The van der Waals surface area contributed by atoms with Gasteiger partial charge in [0, 0.05) is 23.4 Å². The summed E-state index contributed by atoms with van der Waals surface area (Å²) in [6.45, 7) is 5.35. The van der Waals surface area contributed by atoms with Gasteiger partial charge in [-0.2, -0.15) is 0 Å². The Kier molecular flexibility index (Phi) is 6.14. The van der Waals surface area contributed by atoms with Crippen molar-refractivity contribution in [3.05, 3.63) is 46.0 Å². The van der Waals surface area contributed by atoms with Crippen molar-refractivity contribution < 1.29 is 9.15 Å². The van der Waals surface area contributed by atoms with Gasteiger partial charge in [0.25, 0.3) is 0 Å². The fourth-order valence-electron chi connectivity index (χ4n) is 1.84. The zero-order valence-electron chi connectivity index (χ0n) is 11.4. The summed E-state index contributed by atoms with van der Waals surface area (Å²) < 4.78 is 11.2. The summed E-state index contributed by atoms with van der Waals surface area (Å²) >= 11 is 1.77. The third kappa shape index (κ3) is 4.82. The van der Waals surface area contributed by atoms with Crippen LogP contribution in [0.15, 0.2) is 34.3 Å². The molecule has 2 aromatic rings. The lowest BCUT2D eigenvalue weighted by Gasteiger charge is -2.05. The van der Waals surface area contributed by atoms with Crippen molar-refractivity contribution in [2.75, 3.05) is 13.2 Å². The second-order valence-electron chi connectivity index (χ2n) is 4.43. The molecule has 19 heavy (non-hydrogen) atoms. The summed E-state index contributed by atoms with van der Waals surface area (Å²) in [5, 5.41) is 5.47. The van der Waals surface area contributed by atoms with Gasteiger partial charge in [0.05, 0.1) is 12.9 Å². The molecule has 104 valence electrons. The Bertz CT molecular complexity index is 450. The number of hydrogen-bond donors (Lipinski definition) is 1. The van der Waals surface area contributed by atoms with E-state index in [1.165, 1.54) is 10.4 Å². The molecule has 0 saturated carbocycles. The predicted octanol–water partition coefficient (Wildman–Crippen LogP) is 3.60. The first-order valence-corrected chi connectivity index (χ1v) is 7.64. The Labute approximate surface area is 118 Å². The second kappa shape index (κ2) is 8.15. The lowest BCUT2D eigenvalue weighted by molar-refractivity contribution is 0.108. The summed E-state index contributed by atoms with van der Waals surface area (Å²) in [7, 11) is 0. The van der Waals surface area contributed by atoms with E-state index in [1.54, 1.807) is 17.6 Å². The minimum absolute atomic E-state index is 0.557. The summed E-state index contributed by atoms with van der Waals surface area (Å²) in [6.07, 6.45) is 3.85. The van der Waals surface area contributed by atoms with E-state index in [2.05, 4.69) is 29.8 Å². The summed E-state index contributed by atoms with van der Waals surface area (Å²) in [6, 6.07) is 6.23. The smallest absolute Gasteiger partial charge is 0.133 e. The van der Waals surface area contributed by atoms with Gasteiger partial charge in [-0.05, 0) is 30.5 Å². The Morgan fingerprint density at radius 1 is 1.37 bits per heavy atom. The average molecular weight is 279 g/mol. The summed E-state index contributed by atoms with van der Waals surface area (Å²) in [4.78, 5) is 1.37. The number of ether oxygens (including phenoxy) is 1. The molecule has 0 bridgehead atoms. The Morgan fingerprint density at radius 3 is 3.11 bits per heavy atom. The number of nitrogens with one attached hydrogen (secondary N) is 1. The maximum atomic E-state index is 5.68. The molecule has 0 aliphatic carbocycles. The van der Waals surface area contributed by atoms with Crippen molar-refractivity contribution in [3.63, 3.8) is 0 Å². The number of thiophene rings is 1. The van der Waals surface area contributed by atoms with Crippen molar-refractivity contribution in [1.29, 1.82) is 0 Å². The first-order valence-electron chi connectivity index (χ1n) is 6.76. The van der Waals surface area contributed by atoms with E-state index < -0.39 is 0 Å². The number of hydrogen-bond acceptors (Lipinski definition) is 4. The van der Waals surface area contributed by atoms with Crippen LogP contribution in [0.3, 0.4) is 0 Å². The third-order valence-corrected chi connectivity index (χ3v) is 3.82. The monoisotopic (exact) mass is 279 g/mol. The van der Waals surface area contributed by atoms with E-state index in [-0.39, 0.29) is 0 Å². The topological polar surface area (TPSA) is 34.4 Å². The van der Waals surface area contributed by atoms with Crippen LogP contribution < -0.4 is 5.32 Å². The van der Waals surface area contributed by atoms with Gasteiger partial charge in [0.15, 0.2) is 0 Å². The molecular formula is C15H21NO2S. The molecule has 0 aliphatic heterocycles. The molecular weight excluding hydrogens is 258 g/mol. The van der Waals surface area contributed by atoms with Crippen molar-refractivity contribution in [2.45, 2.75) is 32.9 Å². The largest absolute Gasteiger partial charge is 0.467 e. The molecule has 2 rings (SSSR count). The van der Waals surface area contributed by atoms with Crippen LogP contribution >= 0.6 is 11.3 Å². The van der Waals surface area contributed by atoms with E-state index in [9.17, 15) is 0 Å². The Morgan fingerprint density at radius 2 is 2.32 bits per heavy atom. The summed E-state index contributed by atoms with van der Waals surface area (Å²) in [5.74, 6) is 0.940. The van der Waals surface area contributed by atoms with Crippen LogP contribution in [0.25, 0.3) is 0 Å². The van der Waals surface area contributed by atoms with E-state index >= 15 is 0 Å². The van der Waals surface area contributed by atoms with E-state index in [0.717, 1.165) is 38.3 Å². The van der Waals surface area contributed by atoms with Crippen LogP contribution in [0, 0.1) is 0 Å². The minimum Gasteiger partial charge on any atom is -0.467 e. The summed E-state index contributed by atoms with van der Waals surface area (Å²) in [5.41, 5.74) is 1.20. The van der Waals surface area contributed by atoms with Crippen molar-refractivity contribution in [3.8, 4) is 0 Å². The van der Waals surface area contributed by atoms with Crippen LogP contribution in [0.1, 0.15) is 29.5 Å². The normalized spacial score (nSPS) is 11.0. The fourth-order valence-corrected chi connectivity index (χ4v) is 2.53. The van der Waals surface area contributed by atoms with Gasteiger partial charge < -0.3 is 14.5 Å². The highest BCUT2D eigenvalue weighted by atomic mass is 32.1.